The highest BCUT2D eigenvalue weighted by atomic mass is 16.3. The average molecular weight is 1380 g/mol. The van der Waals surface area contributed by atoms with E-state index in [9.17, 15) is 5.11 Å². The summed E-state index contributed by atoms with van der Waals surface area (Å²) in [5, 5.41) is 25.5. The number of para-hydroxylation sites is 4. The largest absolute Gasteiger partial charge is 0.507 e. The zero-order valence-corrected chi connectivity index (χ0v) is 59.1. The molecule has 7 heteroatoms. The van der Waals surface area contributed by atoms with Crippen LogP contribution in [0.3, 0.4) is 0 Å². The summed E-state index contributed by atoms with van der Waals surface area (Å²) < 4.78 is 23.2. The SMILES string of the molecule is CC1(C)c2ccccc2-c2ccc3c(c21)c1cc(-c2ccc4oc5cccc(-n6c7ccccc7c7cc(-c8ccc9c(c8)c8cc(-c%10ccc%11oc%12cccc(-n%13c%14ccccc%14c%14c(O)c(/C%15=C/C=C\C#CCC%15)ccc%14%13)c%12c%11c%10)ccc8n9-c8ccccc8)ccc76)c5c4c2)ccc1n3-c1ccccc1. The van der Waals surface area contributed by atoms with E-state index in [4.69, 9.17) is 8.83 Å². The summed E-state index contributed by atoms with van der Waals surface area (Å²) in [6.45, 7) is 4.79. The van der Waals surface area contributed by atoms with Gasteiger partial charge in [0.25, 0.3) is 0 Å². The van der Waals surface area contributed by atoms with E-state index < -0.39 is 0 Å². The van der Waals surface area contributed by atoms with Crippen molar-refractivity contribution in [2.75, 3.05) is 0 Å². The molecule has 0 unspecified atom stereocenters. The lowest BCUT2D eigenvalue weighted by atomic mass is 9.80. The highest BCUT2D eigenvalue weighted by Crippen LogP contribution is 2.55. The van der Waals surface area contributed by atoms with E-state index >= 15 is 0 Å². The van der Waals surface area contributed by atoms with E-state index in [1.165, 1.54) is 54.8 Å². The molecule has 2 aliphatic carbocycles. The van der Waals surface area contributed by atoms with Gasteiger partial charge in [-0.2, -0.15) is 0 Å². The fourth-order valence-electron chi connectivity index (χ4n) is 18.8. The lowest BCUT2D eigenvalue weighted by molar-refractivity contribution is 0.480. The van der Waals surface area contributed by atoms with Gasteiger partial charge < -0.3 is 32.2 Å². The molecule has 0 aliphatic heterocycles. The Morgan fingerprint density at radius 3 is 1.39 bits per heavy atom. The third-order valence-corrected chi connectivity index (χ3v) is 23.6. The maximum atomic E-state index is 12.3. The van der Waals surface area contributed by atoms with Crippen molar-refractivity contribution >= 4 is 137 Å². The number of nitrogens with zero attached hydrogens (tertiary/aromatic N) is 4. The number of aromatic hydroxyl groups is 1. The predicted octanol–water partition coefficient (Wildman–Crippen LogP) is 26.6. The van der Waals surface area contributed by atoms with Gasteiger partial charge in [-0.25, -0.2) is 0 Å². The van der Waals surface area contributed by atoms with E-state index in [1.807, 2.05) is 12.2 Å². The summed E-state index contributed by atoms with van der Waals surface area (Å²) in [5.41, 5.74) is 30.2. The summed E-state index contributed by atoms with van der Waals surface area (Å²) >= 11 is 0. The number of phenols is 1. The van der Waals surface area contributed by atoms with Gasteiger partial charge in [-0.3, -0.25) is 0 Å². The minimum absolute atomic E-state index is 0.201. The smallest absolute Gasteiger partial charge is 0.137 e. The molecule has 23 rings (SSSR count). The van der Waals surface area contributed by atoms with Gasteiger partial charge in [0.05, 0.1) is 71.7 Å². The van der Waals surface area contributed by atoms with Crippen molar-refractivity contribution in [3.63, 3.8) is 0 Å². The summed E-state index contributed by atoms with van der Waals surface area (Å²) in [4.78, 5) is 0. The van der Waals surface area contributed by atoms with Crippen LogP contribution in [0, 0.1) is 11.8 Å². The fraction of sp³-hybridized carbons (Fsp3) is 0.0495. The number of hydrogen-bond acceptors (Lipinski definition) is 3. The number of phenolic OH excluding ortho intramolecular Hbond substituents is 1. The number of fused-ring (bicyclic) bond motifs is 22. The first-order chi connectivity index (χ1) is 53.3. The first-order valence-electron chi connectivity index (χ1n) is 37.2. The zero-order chi connectivity index (χ0) is 71.2. The summed E-state index contributed by atoms with van der Waals surface area (Å²) in [7, 11) is 0. The van der Waals surface area contributed by atoms with Crippen LogP contribution in [0.5, 0.6) is 5.75 Å². The monoisotopic (exact) mass is 1380 g/mol. The van der Waals surface area contributed by atoms with Crippen molar-refractivity contribution in [1.82, 2.24) is 18.3 Å². The molecule has 0 atom stereocenters. The van der Waals surface area contributed by atoms with Crippen molar-refractivity contribution in [1.29, 1.82) is 0 Å². The van der Waals surface area contributed by atoms with E-state index in [0.29, 0.717) is 0 Å². The van der Waals surface area contributed by atoms with Crippen LogP contribution in [0.25, 0.3) is 204 Å². The Morgan fingerprint density at radius 2 is 0.778 bits per heavy atom. The Hall–Kier alpha value is -14.1. The van der Waals surface area contributed by atoms with Crippen LogP contribution in [0.4, 0.5) is 0 Å². The summed E-state index contributed by atoms with van der Waals surface area (Å²) in [6, 6.07) is 111. The Morgan fingerprint density at radius 1 is 0.333 bits per heavy atom. The molecule has 7 nitrogen and oxygen atoms in total. The molecule has 1 N–H and O–H groups in total. The second-order valence-corrected chi connectivity index (χ2v) is 29.7. The van der Waals surface area contributed by atoms with Gasteiger partial charge >= 0.3 is 0 Å². The molecule has 0 amide bonds. The van der Waals surface area contributed by atoms with Crippen molar-refractivity contribution in [3.05, 3.63) is 338 Å². The minimum Gasteiger partial charge on any atom is -0.507 e. The van der Waals surface area contributed by atoms with Crippen LogP contribution in [0.1, 0.15) is 43.4 Å². The summed E-state index contributed by atoms with van der Waals surface area (Å²) in [5.74, 6) is 6.60. The first-order valence-corrected chi connectivity index (χ1v) is 37.2. The van der Waals surface area contributed by atoms with Gasteiger partial charge in [-0.05, 0) is 225 Å². The number of rotatable bonds is 8. The Kier molecular flexibility index (Phi) is 12.7. The number of aromatic nitrogens is 4. The fourth-order valence-corrected chi connectivity index (χ4v) is 18.8. The average Bonchev–Trinajstić information content (AvgIpc) is 1.54. The van der Waals surface area contributed by atoms with Gasteiger partial charge in [-0.15, -0.1) is 0 Å². The molecule has 108 heavy (non-hydrogen) atoms. The third kappa shape index (κ3) is 8.62. The van der Waals surface area contributed by atoms with Crippen molar-refractivity contribution in [2.24, 2.45) is 0 Å². The maximum absolute atomic E-state index is 12.3. The van der Waals surface area contributed by atoms with Crippen LogP contribution in [-0.2, 0) is 5.41 Å². The lowest BCUT2D eigenvalue weighted by Gasteiger charge is -2.22. The van der Waals surface area contributed by atoms with Crippen LogP contribution >= 0.6 is 0 Å². The molecule has 15 aromatic carbocycles. The van der Waals surface area contributed by atoms with Gasteiger partial charge in [0, 0.05) is 77.3 Å². The van der Waals surface area contributed by atoms with E-state index in [-0.39, 0.29) is 11.2 Å². The second kappa shape index (κ2) is 22.7. The highest BCUT2D eigenvalue weighted by molar-refractivity contribution is 6.21. The van der Waals surface area contributed by atoms with E-state index in [1.54, 1.807) is 0 Å². The van der Waals surface area contributed by atoms with Crippen molar-refractivity contribution in [2.45, 2.75) is 32.1 Å². The number of benzene rings is 15. The molecular weight excluding hydrogens is 1320 g/mol. The van der Waals surface area contributed by atoms with Crippen molar-refractivity contribution in [3.8, 4) is 84.8 Å². The van der Waals surface area contributed by atoms with Crippen molar-refractivity contribution < 1.29 is 13.9 Å². The van der Waals surface area contributed by atoms with Gasteiger partial charge in [0.15, 0.2) is 0 Å². The normalized spacial score (nSPS) is 14.3. The van der Waals surface area contributed by atoms with E-state index in [0.717, 1.165) is 179 Å². The maximum Gasteiger partial charge on any atom is 0.137 e. The van der Waals surface area contributed by atoms with Gasteiger partial charge in [0.2, 0.25) is 0 Å². The van der Waals surface area contributed by atoms with Gasteiger partial charge in [-0.1, -0.05) is 189 Å². The Balaban J connectivity index is 0.645. The quantitative estimate of drug-likeness (QED) is 0.154. The topological polar surface area (TPSA) is 66.2 Å². The number of hydrogen-bond donors (Lipinski definition) is 1. The molecule has 0 fully saturated rings. The molecule has 506 valence electrons. The highest BCUT2D eigenvalue weighted by Gasteiger charge is 2.38. The minimum atomic E-state index is -0.201. The number of allylic oxidation sites excluding steroid dienone is 4. The molecule has 0 saturated heterocycles. The lowest BCUT2D eigenvalue weighted by Crippen LogP contribution is -2.15. The molecule has 0 saturated carbocycles. The molecule has 2 aliphatic rings. The molecule has 6 aromatic heterocycles. The predicted molar refractivity (Wildman–Crippen MR) is 448 cm³/mol. The van der Waals surface area contributed by atoms with Crippen LogP contribution in [0.2, 0.25) is 0 Å². The molecule has 6 heterocycles. The Labute approximate surface area is 620 Å². The molecule has 21 aromatic rings. The van der Waals surface area contributed by atoms with Crippen LogP contribution in [0.15, 0.2) is 330 Å². The van der Waals surface area contributed by atoms with Crippen LogP contribution in [-0.4, -0.2) is 23.4 Å². The number of furan rings is 2. The first kappa shape index (κ1) is 60.4. The molecule has 0 radical (unpaired) electrons. The van der Waals surface area contributed by atoms with Gasteiger partial charge in [0.1, 0.15) is 28.1 Å². The molecule has 0 bridgehead atoms. The zero-order valence-electron chi connectivity index (χ0n) is 59.1. The van der Waals surface area contributed by atoms with E-state index in [2.05, 4.69) is 353 Å². The Bertz CT molecular complexity index is 7660. The molecule has 0 spiro atoms. The standard InChI is InChI=1S/C101H64N4O3/c1-101(2)80-31-17-14-28-70(80)72-45-51-89-97(99(72)101)77-57-64(41-49-86(77)103(89)68-26-12-7-13-27-68)66-43-53-91-78(59-66)95-87(34-20-36-93(95)107-91)104-81-32-18-15-29-71(81)74-54-61(40-48-85(74)104)62-38-46-83-75(55-62)76-56-63(39-47-84(76)102(83)67-24-10-6-11-25-67)65-42-52-92-79(58-65)96-88(35-21-37-94(96)108-92)105-82-33-19-16-30-73(82)98-90(105)50-44-69(100(98)106)60-22-8-4-3-5-9-23-60/h4,6-8,10-22,24-59,106H,9,23H2,1-2H3/b8-4-,60-22+. The van der Waals surface area contributed by atoms with Crippen LogP contribution < -0.4 is 0 Å². The third-order valence-electron chi connectivity index (χ3n) is 23.6. The molecular formula is C101H64N4O3. The second-order valence-electron chi connectivity index (χ2n) is 29.7. The summed E-state index contributed by atoms with van der Waals surface area (Å²) in [6.07, 6.45) is 7.41.